The van der Waals surface area contributed by atoms with Gasteiger partial charge in [-0.05, 0) is 18.9 Å². The first-order chi connectivity index (χ1) is 9.62. The molecule has 0 saturated heterocycles. The predicted octanol–water partition coefficient (Wildman–Crippen LogP) is 1.80. The summed E-state index contributed by atoms with van der Waals surface area (Å²) in [5, 5.41) is 9.39. The number of hydrogen-bond donors (Lipinski definition) is 2. The lowest BCUT2D eigenvalue weighted by Crippen LogP contribution is -2.32. The van der Waals surface area contributed by atoms with Gasteiger partial charge in [0.15, 0.2) is 0 Å². The van der Waals surface area contributed by atoms with Gasteiger partial charge in [-0.2, -0.15) is 10.2 Å². The van der Waals surface area contributed by atoms with Crippen molar-refractivity contribution in [1.82, 2.24) is 25.0 Å². The number of aryl methyl sites for hydroxylation is 3. The van der Waals surface area contributed by atoms with E-state index >= 15 is 0 Å². The van der Waals surface area contributed by atoms with E-state index in [0.717, 1.165) is 36.5 Å². The molecule has 0 aliphatic carbocycles. The zero-order chi connectivity index (χ0) is 14.7. The Hall–Kier alpha value is -1.37. The Morgan fingerprint density at radius 1 is 1.45 bits per heavy atom. The standard InChI is InChI=1S/C13H21ClN6/c1-4-6-20-13(10(14)8-16-20)12(17-15)11-7-9(5-2)18-19(11)3/h7-8,12,17H,4-6,15H2,1-3H3. The molecular formula is C13H21ClN6. The summed E-state index contributed by atoms with van der Waals surface area (Å²) in [4.78, 5) is 0. The number of aromatic nitrogens is 4. The highest BCUT2D eigenvalue weighted by molar-refractivity contribution is 6.31. The molecule has 110 valence electrons. The fourth-order valence-electron chi connectivity index (χ4n) is 2.34. The molecule has 2 heterocycles. The van der Waals surface area contributed by atoms with E-state index in [-0.39, 0.29) is 6.04 Å². The van der Waals surface area contributed by atoms with Crippen LogP contribution in [0, 0.1) is 0 Å². The molecule has 0 saturated carbocycles. The molecule has 0 aliphatic heterocycles. The van der Waals surface area contributed by atoms with Gasteiger partial charge < -0.3 is 0 Å². The first-order valence-electron chi connectivity index (χ1n) is 6.82. The van der Waals surface area contributed by atoms with Crippen molar-refractivity contribution in [3.05, 3.63) is 34.4 Å². The molecule has 0 fully saturated rings. The lowest BCUT2D eigenvalue weighted by molar-refractivity contribution is 0.500. The van der Waals surface area contributed by atoms with Crippen LogP contribution in [0.5, 0.6) is 0 Å². The average Bonchev–Trinajstić information content (AvgIpc) is 2.98. The van der Waals surface area contributed by atoms with Gasteiger partial charge in [0.2, 0.25) is 0 Å². The Kier molecular flexibility index (Phi) is 4.80. The topological polar surface area (TPSA) is 73.7 Å². The van der Waals surface area contributed by atoms with E-state index < -0.39 is 0 Å². The lowest BCUT2D eigenvalue weighted by Gasteiger charge is -2.18. The quantitative estimate of drug-likeness (QED) is 0.630. The van der Waals surface area contributed by atoms with Crippen LogP contribution >= 0.6 is 11.6 Å². The molecule has 2 aromatic rings. The minimum atomic E-state index is -0.227. The largest absolute Gasteiger partial charge is 0.270 e. The summed E-state index contributed by atoms with van der Waals surface area (Å²) in [6, 6.07) is 1.82. The van der Waals surface area contributed by atoms with E-state index in [9.17, 15) is 0 Å². The maximum atomic E-state index is 6.29. The van der Waals surface area contributed by atoms with Crippen molar-refractivity contribution in [2.24, 2.45) is 12.9 Å². The molecule has 6 nitrogen and oxygen atoms in total. The van der Waals surface area contributed by atoms with Gasteiger partial charge >= 0.3 is 0 Å². The first-order valence-corrected chi connectivity index (χ1v) is 7.20. The molecule has 0 spiro atoms. The van der Waals surface area contributed by atoms with Crippen molar-refractivity contribution in [2.45, 2.75) is 39.3 Å². The fraction of sp³-hybridized carbons (Fsp3) is 0.538. The average molecular weight is 297 g/mol. The van der Waals surface area contributed by atoms with Crippen LogP contribution in [-0.4, -0.2) is 19.6 Å². The molecule has 3 N–H and O–H groups in total. The van der Waals surface area contributed by atoms with Crippen molar-refractivity contribution in [1.29, 1.82) is 0 Å². The molecule has 7 heteroatoms. The Labute approximate surface area is 123 Å². The smallest absolute Gasteiger partial charge is 0.106 e. The van der Waals surface area contributed by atoms with E-state index in [4.69, 9.17) is 17.4 Å². The maximum Gasteiger partial charge on any atom is 0.106 e. The van der Waals surface area contributed by atoms with Crippen LogP contribution in [0.2, 0.25) is 5.02 Å². The minimum absolute atomic E-state index is 0.227. The molecular weight excluding hydrogens is 276 g/mol. The summed E-state index contributed by atoms with van der Waals surface area (Å²) in [6.07, 6.45) is 3.52. The van der Waals surface area contributed by atoms with Crippen LogP contribution < -0.4 is 11.3 Å². The summed E-state index contributed by atoms with van der Waals surface area (Å²) in [7, 11) is 1.91. The Balaban J connectivity index is 2.46. The predicted molar refractivity (Wildman–Crippen MR) is 79.3 cm³/mol. The van der Waals surface area contributed by atoms with Gasteiger partial charge in [-0.25, -0.2) is 5.43 Å². The van der Waals surface area contributed by atoms with Gasteiger partial charge in [0.05, 0.1) is 28.3 Å². The van der Waals surface area contributed by atoms with Crippen LogP contribution in [0.25, 0.3) is 0 Å². The molecule has 2 aromatic heterocycles. The van der Waals surface area contributed by atoms with Gasteiger partial charge in [-0.15, -0.1) is 0 Å². The van der Waals surface area contributed by atoms with Gasteiger partial charge in [0.25, 0.3) is 0 Å². The highest BCUT2D eigenvalue weighted by atomic mass is 35.5. The summed E-state index contributed by atoms with van der Waals surface area (Å²) >= 11 is 6.29. The Bertz CT molecular complexity index is 573. The monoisotopic (exact) mass is 296 g/mol. The number of nitrogens with two attached hydrogens (primary N) is 1. The number of nitrogens with zero attached hydrogens (tertiary/aromatic N) is 4. The van der Waals surface area contributed by atoms with E-state index in [1.54, 1.807) is 6.20 Å². The molecule has 0 aliphatic rings. The van der Waals surface area contributed by atoms with E-state index in [1.165, 1.54) is 0 Å². The Morgan fingerprint density at radius 3 is 2.75 bits per heavy atom. The van der Waals surface area contributed by atoms with Crippen LogP contribution in [0.15, 0.2) is 12.3 Å². The molecule has 0 aromatic carbocycles. The second-order valence-corrected chi connectivity index (χ2v) is 5.15. The molecule has 20 heavy (non-hydrogen) atoms. The van der Waals surface area contributed by atoms with Crippen molar-refractivity contribution in [3.8, 4) is 0 Å². The number of nitrogens with one attached hydrogen (secondary N) is 1. The lowest BCUT2D eigenvalue weighted by atomic mass is 10.1. The molecule has 2 rings (SSSR count). The second kappa shape index (κ2) is 6.39. The molecule has 1 atom stereocenters. The van der Waals surface area contributed by atoms with Gasteiger partial charge in [-0.1, -0.05) is 25.4 Å². The summed E-state index contributed by atoms with van der Waals surface area (Å²) in [6.45, 7) is 4.98. The van der Waals surface area contributed by atoms with Crippen molar-refractivity contribution in [3.63, 3.8) is 0 Å². The van der Waals surface area contributed by atoms with Crippen LogP contribution in [0.4, 0.5) is 0 Å². The van der Waals surface area contributed by atoms with Gasteiger partial charge in [0.1, 0.15) is 6.04 Å². The highest BCUT2D eigenvalue weighted by Crippen LogP contribution is 2.28. The Morgan fingerprint density at radius 2 is 2.20 bits per heavy atom. The number of rotatable bonds is 6. The summed E-state index contributed by atoms with van der Waals surface area (Å²) in [5.74, 6) is 5.76. The van der Waals surface area contributed by atoms with Crippen LogP contribution in [0.3, 0.4) is 0 Å². The summed E-state index contributed by atoms with van der Waals surface area (Å²) in [5.41, 5.74) is 5.71. The zero-order valence-corrected chi connectivity index (χ0v) is 12.9. The normalized spacial score (nSPS) is 12.8. The number of halogens is 1. The number of hydrogen-bond acceptors (Lipinski definition) is 4. The second-order valence-electron chi connectivity index (χ2n) is 4.74. The molecule has 0 amide bonds. The van der Waals surface area contributed by atoms with Crippen LogP contribution in [0.1, 0.15) is 43.4 Å². The third-order valence-electron chi connectivity index (χ3n) is 3.33. The van der Waals surface area contributed by atoms with Crippen LogP contribution in [-0.2, 0) is 20.0 Å². The number of hydrazine groups is 1. The first kappa shape index (κ1) is 15.0. The minimum Gasteiger partial charge on any atom is -0.270 e. The van der Waals surface area contributed by atoms with Crippen molar-refractivity contribution in [2.75, 3.05) is 0 Å². The van der Waals surface area contributed by atoms with Gasteiger partial charge in [0, 0.05) is 13.6 Å². The molecule has 1 unspecified atom stereocenters. The molecule has 0 bridgehead atoms. The zero-order valence-electron chi connectivity index (χ0n) is 12.1. The SMILES string of the molecule is CCCn1ncc(Cl)c1C(NN)c1cc(CC)nn1C. The molecule has 0 radical (unpaired) electrons. The highest BCUT2D eigenvalue weighted by Gasteiger charge is 2.24. The third kappa shape index (κ3) is 2.72. The van der Waals surface area contributed by atoms with Gasteiger partial charge in [-0.3, -0.25) is 15.2 Å². The van der Waals surface area contributed by atoms with E-state index in [0.29, 0.717) is 5.02 Å². The van der Waals surface area contributed by atoms with E-state index in [1.807, 2.05) is 22.5 Å². The van der Waals surface area contributed by atoms with E-state index in [2.05, 4.69) is 29.5 Å². The summed E-state index contributed by atoms with van der Waals surface area (Å²) < 4.78 is 3.73. The third-order valence-corrected chi connectivity index (χ3v) is 3.62. The van der Waals surface area contributed by atoms with Crippen molar-refractivity contribution < 1.29 is 0 Å². The van der Waals surface area contributed by atoms with Crippen molar-refractivity contribution >= 4 is 11.6 Å². The maximum absolute atomic E-state index is 6.29. The fourth-order valence-corrected chi connectivity index (χ4v) is 2.59.